The molecule has 4 nitrogen and oxygen atoms in total. The maximum atomic E-state index is 11.1. The Morgan fingerprint density at radius 2 is 2.31 bits per heavy atom. The van der Waals surface area contributed by atoms with Crippen molar-refractivity contribution >= 4 is 5.91 Å². The number of hydrogen-bond donors (Lipinski definition) is 1. The van der Waals surface area contributed by atoms with Crippen molar-refractivity contribution < 1.29 is 9.90 Å². The Labute approximate surface area is 78.4 Å². The summed E-state index contributed by atoms with van der Waals surface area (Å²) in [6, 6.07) is 0. The molecule has 0 aromatic carbocycles. The molecule has 0 aromatic rings. The summed E-state index contributed by atoms with van der Waals surface area (Å²) < 4.78 is 0. The molecule has 4 heteroatoms. The molecule has 0 unspecified atom stereocenters. The maximum absolute atomic E-state index is 11.1. The maximum Gasteiger partial charge on any atom is 0.248 e. The van der Waals surface area contributed by atoms with E-state index in [2.05, 4.69) is 18.4 Å². The largest absolute Gasteiger partial charge is 0.387 e. The van der Waals surface area contributed by atoms with Crippen LogP contribution in [0.25, 0.3) is 0 Å². The predicted octanol–water partition coefficient (Wildman–Crippen LogP) is -0.343. The Balaban J connectivity index is 2.50. The Kier molecular flexibility index (Phi) is 3.31. The number of likely N-dealkylation sites (N-methyl/N-ethyl adjacent to an activating group) is 1. The standard InChI is InChI=1S/C9H16N2O2/c1-3-10-4-5-11(6-8(10)2)9(13)7-12/h12H,2-7H2,1H3. The van der Waals surface area contributed by atoms with E-state index in [1.54, 1.807) is 4.90 Å². The second kappa shape index (κ2) is 4.28. The van der Waals surface area contributed by atoms with Gasteiger partial charge in [0, 0.05) is 25.3 Å². The van der Waals surface area contributed by atoms with Crippen molar-refractivity contribution in [3.05, 3.63) is 12.3 Å². The number of carbonyl (C=O) groups is 1. The second-order valence-corrected chi connectivity index (χ2v) is 3.12. The minimum atomic E-state index is -0.403. The molecular formula is C9H16N2O2. The number of piperazine rings is 1. The molecule has 0 aliphatic carbocycles. The first-order valence-electron chi connectivity index (χ1n) is 4.50. The zero-order chi connectivity index (χ0) is 9.84. The first kappa shape index (κ1) is 10.1. The lowest BCUT2D eigenvalue weighted by molar-refractivity contribution is -0.135. The van der Waals surface area contributed by atoms with E-state index in [0.717, 1.165) is 18.8 Å². The van der Waals surface area contributed by atoms with Gasteiger partial charge in [-0.1, -0.05) is 6.58 Å². The molecule has 1 rings (SSSR count). The summed E-state index contributed by atoms with van der Waals surface area (Å²) >= 11 is 0. The molecule has 0 saturated carbocycles. The third-order valence-electron chi connectivity index (χ3n) is 2.33. The number of amides is 1. The third-order valence-corrected chi connectivity index (χ3v) is 2.33. The van der Waals surface area contributed by atoms with Crippen molar-refractivity contribution in [3.8, 4) is 0 Å². The van der Waals surface area contributed by atoms with Gasteiger partial charge in [-0.05, 0) is 6.92 Å². The molecular weight excluding hydrogens is 168 g/mol. The Morgan fingerprint density at radius 1 is 1.62 bits per heavy atom. The highest BCUT2D eigenvalue weighted by Gasteiger charge is 2.21. The van der Waals surface area contributed by atoms with Gasteiger partial charge in [0.25, 0.3) is 0 Å². The monoisotopic (exact) mass is 184 g/mol. The summed E-state index contributed by atoms with van der Waals surface area (Å²) in [6.07, 6.45) is 0. The molecule has 0 atom stereocenters. The van der Waals surface area contributed by atoms with E-state index in [-0.39, 0.29) is 5.91 Å². The first-order valence-corrected chi connectivity index (χ1v) is 4.50. The highest BCUT2D eigenvalue weighted by atomic mass is 16.3. The van der Waals surface area contributed by atoms with Gasteiger partial charge >= 0.3 is 0 Å². The number of aliphatic hydroxyl groups excluding tert-OH is 1. The molecule has 1 amide bonds. The number of nitrogens with zero attached hydrogens (tertiary/aromatic N) is 2. The molecule has 1 aliphatic rings. The van der Waals surface area contributed by atoms with Crippen molar-refractivity contribution in [3.63, 3.8) is 0 Å². The lowest BCUT2D eigenvalue weighted by Crippen LogP contribution is -2.47. The smallest absolute Gasteiger partial charge is 0.248 e. The number of carbonyl (C=O) groups excluding carboxylic acids is 1. The van der Waals surface area contributed by atoms with Crippen LogP contribution < -0.4 is 0 Å². The van der Waals surface area contributed by atoms with Crippen molar-refractivity contribution in [1.82, 2.24) is 9.80 Å². The van der Waals surface area contributed by atoms with Gasteiger partial charge in [-0.3, -0.25) is 4.79 Å². The summed E-state index contributed by atoms with van der Waals surface area (Å²) in [5.41, 5.74) is 0.954. The lowest BCUT2D eigenvalue weighted by atomic mass is 10.2. The zero-order valence-corrected chi connectivity index (χ0v) is 7.99. The van der Waals surface area contributed by atoms with Crippen LogP contribution in [0.2, 0.25) is 0 Å². The Morgan fingerprint density at radius 3 is 2.77 bits per heavy atom. The fraction of sp³-hybridized carbons (Fsp3) is 0.667. The van der Waals surface area contributed by atoms with Crippen LogP contribution in [0.4, 0.5) is 0 Å². The van der Waals surface area contributed by atoms with Gasteiger partial charge in [0.2, 0.25) is 5.91 Å². The molecule has 0 radical (unpaired) electrons. The van der Waals surface area contributed by atoms with Crippen molar-refractivity contribution in [1.29, 1.82) is 0 Å². The molecule has 13 heavy (non-hydrogen) atoms. The Bertz CT molecular complexity index is 216. The van der Waals surface area contributed by atoms with Crippen LogP contribution in [-0.2, 0) is 4.79 Å². The molecule has 1 saturated heterocycles. The summed E-state index contributed by atoms with van der Waals surface area (Å²) in [4.78, 5) is 14.9. The average Bonchev–Trinajstić information content (AvgIpc) is 2.16. The van der Waals surface area contributed by atoms with E-state index in [4.69, 9.17) is 5.11 Å². The van der Waals surface area contributed by atoms with Gasteiger partial charge in [-0.25, -0.2) is 0 Å². The van der Waals surface area contributed by atoms with E-state index < -0.39 is 6.61 Å². The quantitative estimate of drug-likeness (QED) is 0.638. The minimum absolute atomic E-state index is 0.211. The summed E-state index contributed by atoms with van der Waals surface area (Å²) in [5, 5.41) is 8.66. The highest BCUT2D eigenvalue weighted by Crippen LogP contribution is 2.10. The van der Waals surface area contributed by atoms with Gasteiger partial charge < -0.3 is 14.9 Å². The molecule has 0 bridgehead atoms. The summed E-state index contributed by atoms with van der Waals surface area (Å²) in [5.74, 6) is -0.211. The SMILES string of the molecule is C=C1CN(C(=O)CO)CCN1CC. The molecule has 1 heterocycles. The van der Waals surface area contributed by atoms with Crippen LogP contribution in [-0.4, -0.2) is 53.6 Å². The van der Waals surface area contributed by atoms with E-state index >= 15 is 0 Å². The first-order chi connectivity index (χ1) is 6.19. The summed E-state index contributed by atoms with van der Waals surface area (Å²) in [7, 11) is 0. The topological polar surface area (TPSA) is 43.8 Å². The van der Waals surface area contributed by atoms with Crippen molar-refractivity contribution in [2.24, 2.45) is 0 Å². The number of hydrogen-bond acceptors (Lipinski definition) is 3. The van der Waals surface area contributed by atoms with Gasteiger partial charge in [-0.2, -0.15) is 0 Å². The van der Waals surface area contributed by atoms with E-state index in [1.165, 1.54) is 0 Å². The third kappa shape index (κ3) is 2.21. The lowest BCUT2D eigenvalue weighted by Gasteiger charge is -2.36. The predicted molar refractivity (Wildman–Crippen MR) is 50.1 cm³/mol. The van der Waals surface area contributed by atoms with Crippen molar-refractivity contribution in [2.75, 3.05) is 32.8 Å². The van der Waals surface area contributed by atoms with Crippen LogP contribution in [0.5, 0.6) is 0 Å². The molecule has 1 fully saturated rings. The van der Waals surface area contributed by atoms with Crippen LogP contribution in [0.15, 0.2) is 12.3 Å². The molecule has 74 valence electrons. The van der Waals surface area contributed by atoms with Crippen LogP contribution in [0.3, 0.4) is 0 Å². The summed E-state index contributed by atoms with van der Waals surface area (Å²) in [6.45, 7) is 8.53. The number of aliphatic hydroxyl groups is 1. The van der Waals surface area contributed by atoms with E-state index in [1.807, 2.05) is 0 Å². The van der Waals surface area contributed by atoms with E-state index in [9.17, 15) is 4.79 Å². The van der Waals surface area contributed by atoms with E-state index in [0.29, 0.717) is 13.1 Å². The molecule has 0 spiro atoms. The average molecular weight is 184 g/mol. The minimum Gasteiger partial charge on any atom is -0.387 e. The van der Waals surface area contributed by atoms with Crippen LogP contribution >= 0.6 is 0 Å². The normalized spacial score (nSPS) is 17.8. The fourth-order valence-electron chi connectivity index (χ4n) is 1.49. The zero-order valence-electron chi connectivity index (χ0n) is 7.99. The molecule has 1 N–H and O–H groups in total. The van der Waals surface area contributed by atoms with Crippen LogP contribution in [0.1, 0.15) is 6.92 Å². The number of rotatable bonds is 2. The highest BCUT2D eigenvalue weighted by molar-refractivity contribution is 5.77. The molecule has 1 aliphatic heterocycles. The fourth-order valence-corrected chi connectivity index (χ4v) is 1.49. The van der Waals surface area contributed by atoms with Gasteiger partial charge in [-0.15, -0.1) is 0 Å². The van der Waals surface area contributed by atoms with Crippen LogP contribution in [0, 0.1) is 0 Å². The van der Waals surface area contributed by atoms with Crippen molar-refractivity contribution in [2.45, 2.75) is 6.92 Å². The molecule has 0 aromatic heterocycles. The van der Waals surface area contributed by atoms with Gasteiger partial charge in [0.15, 0.2) is 0 Å². The Hall–Kier alpha value is -1.03. The second-order valence-electron chi connectivity index (χ2n) is 3.12. The van der Waals surface area contributed by atoms with Gasteiger partial charge in [0.05, 0.1) is 6.54 Å². The van der Waals surface area contributed by atoms with Gasteiger partial charge in [0.1, 0.15) is 6.61 Å².